The average molecular weight is 242 g/mol. The molecule has 1 heterocycles. The predicted molar refractivity (Wildman–Crippen MR) is 62.0 cm³/mol. The second-order valence-corrected chi connectivity index (χ2v) is 4.88. The molecule has 0 aromatic carbocycles. The Bertz CT molecular complexity index is 339. The Balaban J connectivity index is 2.72. The van der Waals surface area contributed by atoms with Crippen LogP contribution in [0.15, 0.2) is 0 Å². The van der Waals surface area contributed by atoms with Gasteiger partial charge in [0.1, 0.15) is 6.04 Å². The summed E-state index contributed by atoms with van der Waals surface area (Å²) in [4.78, 5) is 24.0. The van der Waals surface area contributed by atoms with Gasteiger partial charge in [-0.2, -0.15) is 0 Å². The molecule has 5 nitrogen and oxygen atoms in total. The molecule has 3 unspecified atom stereocenters. The molecule has 3 atom stereocenters. The Morgan fingerprint density at radius 3 is 2.81 bits per heavy atom. The van der Waals surface area contributed by atoms with Crippen LogP contribution in [0.3, 0.4) is 0 Å². The van der Waals surface area contributed by atoms with Gasteiger partial charge in [-0.25, -0.2) is 9.59 Å². The van der Waals surface area contributed by atoms with Gasteiger partial charge in [-0.15, -0.1) is 18.2 Å². The SMILES string of the molecule is C#CC(C)NC(=O)N1C(C)SCC1C(=O)O. The summed E-state index contributed by atoms with van der Waals surface area (Å²) in [6.07, 6.45) is 5.14. The second-order valence-electron chi connectivity index (χ2n) is 3.53. The summed E-state index contributed by atoms with van der Waals surface area (Å²) in [5, 5.41) is 11.4. The Morgan fingerprint density at radius 2 is 2.31 bits per heavy atom. The van der Waals surface area contributed by atoms with Crippen molar-refractivity contribution >= 4 is 23.8 Å². The average Bonchev–Trinajstić information content (AvgIpc) is 2.59. The van der Waals surface area contributed by atoms with E-state index in [1.54, 1.807) is 13.8 Å². The van der Waals surface area contributed by atoms with Crippen LogP contribution in [0.1, 0.15) is 13.8 Å². The van der Waals surface area contributed by atoms with Gasteiger partial charge in [0, 0.05) is 5.75 Å². The minimum absolute atomic E-state index is 0.147. The third-order valence-electron chi connectivity index (χ3n) is 2.33. The molecular weight excluding hydrogens is 228 g/mol. The number of rotatable bonds is 2. The van der Waals surface area contributed by atoms with Crippen LogP contribution >= 0.6 is 11.8 Å². The fourth-order valence-electron chi connectivity index (χ4n) is 1.44. The van der Waals surface area contributed by atoms with Crippen molar-refractivity contribution in [3.8, 4) is 12.3 Å². The van der Waals surface area contributed by atoms with Gasteiger partial charge in [0.25, 0.3) is 0 Å². The first kappa shape index (κ1) is 12.7. The first-order valence-corrected chi connectivity index (χ1v) is 5.91. The number of nitrogens with zero attached hydrogens (tertiary/aromatic N) is 1. The lowest BCUT2D eigenvalue weighted by molar-refractivity contribution is -0.141. The van der Waals surface area contributed by atoms with Gasteiger partial charge in [0.2, 0.25) is 0 Å². The van der Waals surface area contributed by atoms with E-state index >= 15 is 0 Å². The summed E-state index contributed by atoms with van der Waals surface area (Å²) in [6.45, 7) is 3.47. The number of thioether (sulfide) groups is 1. The molecule has 6 heteroatoms. The molecular formula is C10H14N2O3S. The molecule has 1 aliphatic rings. The number of carboxylic acids is 1. The molecule has 1 aliphatic heterocycles. The van der Waals surface area contributed by atoms with Crippen LogP contribution < -0.4 is 5.32 Å². The van der Waals surface area contributed by atoms with Gasteiger partial charge in [0.05, 0.1) is 11.4 Å². The van der Waals surface area contributed by atoms with E-state index in [1.807, 2.05) is 0 Å². The number of carbonyl (C=O) groups is 2. The zero-order valence-corrected chi connectivity index (χ0v) is 9.95. The maximum atomic E-state index is 11.8. The number of nitrogens with one attached hydrogen (secondary N) is 1. The molecule has 1 rings (SSSR count). The van der Waals surface area contributed by atoms with E-state index in [2.05, 4.69) is 11.2 Å². The monoisotopic (exact) mass is 242 g/mol. The van der Waals surface area contributed by atoms with Crippen LogP contribution in [0.4, 0.5) is 4.79 Å². The highest BCUT2D eigenvalue weighted by atomic mass is 32.2. The van der Waals surface area contributed by atoms with Crippen LogP contribution in [0.5, 0.6) is 0 Å². The fourth-order valence-corrected chi connectivity index (χ4v) is 2.61. The fraction of sp³-hybridized carbons (Fsp3) is 0.600. The van der Waals surface area contributed by atoms with Crippen molar-refractivity contribution in [2.75, 3.05) is 5.75 Å². The van der Waals surface area contributed by atoms with Gasteiger partial charge >= 0.3 is 12.0 Å². The van der Waals surface area contributed by atoms with Crippen LogP contribution in [-0.4, -0.2) is 45.2 Å². The molecule has 16 heavy (non-hydrogen) atoms. The molecule has 2 amide bonds. The molecule has 0 radical (unpaired) electrons. The maximum Gasteiger partial charge on any atom is 0.327 e. The molecule has 0 aromatic rings. The summed E-state index contributed by atoms with van der Waals surface area (Å²) >= 11 is 1.44. The highest BCUT2D eigenvalue weighted by molar-refractivity contribution is 8.00. The number of amides is 2. The Kier molecular flexibility index (Phi) is 4.07. The molecule has 0 spiro atoms. The van der Waals surface area contributed by atoms with Crippen LogP contribution in [0.2, 0.25) is 0 Å². The molecule has 0 saturated carbocycles. The van der Waals surface area contributed by atoms with Gasteiger partial charge in [-0.1, -0.05) is 5.92 Å². The molecule has 2 N–H and O–H groups in total. The van der Waals surface area contributed by atoms with Gasteiger partial charge < -0.3 is 10.4 Å². The lowest BCUT2D eigenvalue weighted by Crippen LogP contribution is -2.51. The lowest BCUT2D eigenvalue weighted by atomic mass is 10.3. The number of hydrogen-bond donors (Lipinski definition) is 2. The van der Waals surface area contributed by atoms with E-state index in [9.17, 15) is 9.59 Å². The summed E-state index contributed by atoms with van der Waals surface area (Å²) in [5.74, 6) is 1.79. The topological polar surface area (TPSA) is 69.6 Å². The number of aliphatic carboxylic acids is 1. The van der Waals surface area contributed by atoms with Crippen molar-refractivity contribution in [1.82, 2.24) is 10.2 Å². The van der Waals surface area contributed by atoms with E-state index in [1.165, 1.54) is 16.7 Å². The normalized spacial score (nSPS) is 25.9. The van der Waals surface area contributed by atoms with Crippen LogP contribution in [0, 0.1) is 12.3 Å². The van der Waals surface area contributed by atoms with Crippen molar-refractivity contribution in [2.45, 2.75) is 31.3 Å². The Morgan fingerprint density at radius 1 is 1.69 bits per heavy atom. The summed E-state index contributed by atoms with van der Waals surface area (Å²) in [6, 6.07) is -1.60. The zero-order valence-electron chi connectivity index (χ0n) is 9.14. The molecule has 0 bridgehead atoms. The molecule has 88 valence electrons. The van der Waals surface area contributed by atoms with E-state index < -0.39 is 24.1 Å². The number of carbonyl (C=O) groups excluding carboxylic acids is 1. The number of urea groups is 1. The molecule has 0 aromatic heterocycles. The summed E-state index contributed by atoms with van der Waals surface area (Å²) in [5.41, 5.74) is 0. The first-order valence-electron chi connectivity index (χ1n) is 4.86. The molecule has 1 saturated heterocycles. The van der Waals surface area contributed by atoms with Crippen molar-refractivity contribution in [3.05, 3.63) is 0 Å². The van der Waals surface area contributed by atoms with Gasteiger partial charge in [0.15, 0.2) is 0 Å². The van der Waals surface area contributed by atoms with E-state index in [4.69, 9.17) is 11.5 Å². The lowest BCUT2D eigenvalue weighted by Gasteiger charge is -2.26. The largest absolute Gasteiger partial charge is 0.480 e. The van der Waals surface area contributed by atoms with Crippen molar-refractivity contribution in [3.63, 3.8) is 0 Å². The number of hydrogen-bond acceptors (Lipinski definition) is 3. The minimum Gasteiger partial charge on any atom is -0.480 e. The standard InChI is InChI=1S/C10H14N2O3S/c1-4-6(2)11-10(15)12-7(3)16-5-8(12)9(13)14/h1,6-8H,5H2,2-3H3,(H,11,15)(H,13,14). The smallest absolute Gasteiger partial charge is 0.327 e. The summed E-state index contributed by atoms with van der Waals surface area (Å²) in [7, 11) is 0. The predicted octanol–water partition coefficient (Wildman–Crippen LogP) is 0.566. The quantitative estimate of drug-likeness (QED) is 0.694. The van der Waals surface area contributed by atoms with Crippen molar-refractivity contribution < 1.29 is 14.7 Å². The maximum absolute atomic E-state index is 11.8. The Labute approximate surface area is 98.6 Å². The van der Waals surface area contributed by atoms with E-state index in [-0.39, 0.29) is 5.37 Å². The van der Waals surface area contributed by atoms with Gasteiger partial charge in [-0.3, -0.25) is 4.90 Å². The number of carboxylic acid groups (broad SMARTS) is 1. The van der Waals surface area contributed by atoms with E-state index in [0.29, 0.717) is 5.75 Å². The summed E-state index contributed by atoms with van der Waals surface area (Å²) < 4.78 is 0. The molecule has 0 aliphatic carbocycles. The van der Waals surface area contributed by atoms with E-state index in [0.717, 1.165) is 0 Å². The highest BCUT2D eigenvalue weighted by Gasteiger charge is 2.39. The van der Waals surface area contributed by atoms with Crippen molar-refractivity contribution in [1.29, 1.82) is 0 Å². The van der Waals surface area contributed by atoms with Crippen LogP contribution in [-0.2, 0) is 4.79 Å². The third kappa shape index (κ3) is 2.61. The third-order valence-corrected chi connectivity index (χ3v) is 3.55. The van der Waals surface area contributed by atoms with Crippen molar-refractivity contribution in [2.24, 2.45) is 0 Å². The zero-order chi connectivity index (χ0) is 12.3. The Hall–Kier alpha value is -1.35. The minimum atomic E-state index is -0.986. The second kappa shape index (κ2) is 5.12. The van der Waals surface area contributed by atoms with Crippen LogP contribution in [0.25, 0.3) is 0 Å². The van der Waals surface area contributed by atoms with Gasteiger partial charge in [-0.05, 0) is 13.8 Å². The highest BCUT2D eigenvalue weighted by Crippen LogP contribution is 2.28. The molecule has 1 fully saturated rings. The number of terminal acetylenes is 1. The first-order chi connectivity index (χ1) is 7.47.